The average molecular weight is 207 g/mol. The highest BCUT2D eigenvalue weighted by atomic mass is 19.1. The second-order valence-electron chi connectivity index (χ2n) is 4.55. The molecule has 0 amide bonds. The van der Waals surface area contributed by atoms with E-state index in [1.807, 2.05) is 12.1 Å². The fraction of sp³-hybridized carbons (Fsp3) is 0.538. The molecule has 0 aliphatic heterocycles. The standard InChI is InChI=1S/C13H18FN/c1-10(8-11-6-7-11)15-9-12-4-2-3-5-13(12)14/h2-5,10-11,15H,6-9H2,1H3. The molecule has 1 aliphatic carbocycles. The minimum atomic E-state index is -0.108. The van der Waals surface area contributed by atoms with Gasteiger partial charge in [-0.3, -0.25) is 0 Å². The Labute approximate surface area is 90.7 Å². The predicted molar refractivity (Wildman–Crippen MR) is 60.0 cm³/mol. The monoisotopic (exact) mass is 207 g/mol. The van der Waals surface area contributed by atoms with Gasteiger partial charge in [0.2, 0.25) is 0 Å². The minimum Gasteiger partial charge on any atom is -0.310 e. The summed E-state index contributed by atoms with van der Waals surface area (Å²) in [7, 11) is 0. The van der Waals surface area contributed by atoms with Gasteiger partial charge >= 0.3 is 0 Å². The van der Waals surface area contributed by atoms with Crippen LogP contribution in [0.1, 0.15) is 31.7 Å². The lowest BCUT2D eigenvalue weighted by atomic mass is 10.1. The number of hydrogen-bond acceptors (Lipinski definition) is 1. The third-order valence-corrected chi connectivity index (χ3v) is 2.98. The van der Waals surface area contributed by atoms with E-state index in [9.17, 15) is 4.39 Å². The smallest absolute Gasteiger partial charge is 0.127 e. The molecule has 1 N–H and O–H groups in total. The van der Waals surface area contributed by atoms with Crippen molar-refractivity contribution < 1.29 is 4.39 Å². The van der Waals surface area contributed by atoms with Crippen LogP contribution in [0.5, 0.6) is 0 Å². The summed E-state index contributed by atoms with van der Waals surface area (Å²) in [6, 6.07) is 7.46. The van der Waals surface area contributed by atoms with Crippen molar-refractivity contribution >= 4 is 0 Å². The second-order valence-corrected chi connectivity index (χ2v) is 4.55. The van der Waals surface area contributed by atoms with E-state index >= 15 is 0 Å². The number of halogens is 1. The molecule has 1 unspecified atom stereocenters. The Morgan fingerprint density at radius 1 is 1.40 bits per heavy atom. The summed E-state index contributed by atoms with van der Waals surface area (Å²) in [5.74, 6) is 0.816. The lowest BCUT2D eigenvalue weighted by molar-refractivity contribution is 0.479. The summed E-state index contributed by atoms with van der Waals surface area (Å²) in [4.78, 5) is 0. The zero-order valence-electron chi connectivity index (χ0n) is 9.17. The van der Waals surface area contributed by atoms with Crippen molar-refractivity contribution in [3.8, 4) is 0 Å². The molecule has 1 atom stereocenters. The summed E-state index contributed by atoms with van der Waals surface area (Å²) >= 11 is 0. The quantitative estimate of drug-likeness (QED) is 0.782. The van der Waals surface area contributed by atoms with Gasteiger partial charge in [0.15, 0.2) is 0 Å². The Morgan fingerprint density at radius 2 is 2.13 bits per heavy atom. The topological polar surface area (TPSA) is 12.0 Å². The Kier molecular flexibility index (Phi) is 3.37. The summed E-state index contributed by atoms with van der Waals surface area (Å²) in [6.07, 6.45) is 3.99. The summed E-state index contributed by atoms with van der Waals surface area (Å²) in [6.45, 7) is 2.82. The zero-order chi connectivity index (χ0) is 10.7. The van der Waals surface area contributed by atoms with E-state index in [0.29, 0.717) is 12.6 Å². The molecule has 0 aromatic heterocycles. The fourth-order valence-corrected chi connectivity index (χ4v) is 1.86. The van der Waals surface area contributed by atoms with Gasteiger partial charge in [-0.05, 0) is 25.3 Å². The van der Waals surface area contributed by atoms with Crippen LogP contribution in [0, 0.1) is 11.7 Å². The third-order valence-electron chi connectivity index (χ3n) is 2.98. The molecule has 1 aliphatic rings. The summed E-state index contributed by atoms with van der Waals surface area (Å²) in [5.41, 5.74) is 0.764. The van der Waals surface area contributed by atoms with Crippen LogP contribution >= 0.6 is 0 Å². The highest BCUT2D eigenvalue weighted by Gasteiger charge is 2.23. The Hall–Kier alpha value is -0.890. The molecule has 1 nitrogen and oxygen atoms in total. The van der Waals surface area contributed by atoms with Crippen molar-refractivity contribution in [2.75, 3.05) is 0 Å². The van der Waals surface area contributed by atoms with Crippen LogP contribution in [-0.4, -0.2) is 6.04 Å². The maximum Gasteiger partial charge on any atom is 0.127 e. The van der Waals surface area contributed by atoms with Gasteiger partial charge in [-0.1, -0.05) is 31.0 Å². The van der Waals surface area contributed by atoms with E-state index in [0.717, 1.165) is 11.5 Å². The third kappa shape index (κ3) is 3.31. The molecular formula is C13H18FN. The number of rotatable bonds is 5. The number of benzene rings is 1. The van der Waals surface area contributed by atoms with Gasteiger partial charge in [0.1, 0.15) is 5.82 Å². The maximum atomic E-state index is 13.3. The first-order chi connectivity index (χ1) is 7.25. The van der Waals surface area contributed by atoms with Crippen molar-refractivity contribution in [2.24, 2.45) is 5.92 Å². The highest BCUT2D eigenvalue weighted by Crippen LogP contribution is 2.33. The molecule has 82 valence electrons. The lowest BCUT2D eigenvalue weighted by Gasteiger charge is -2.13. The van der Waals surface area contributed by atoms with Crippen LogP contribution < -0.4 is 5.32 Å². The van der Waals surface area contributed by atoms with Gasteiger partial charge in [0.05, 0.1) is 0 Å². The lowest BCUT2D eigenvalue weighted by Crippen LogP contribution is -2.26. The highest BCUT2D eigenvalue weighted by molar-refractivity contribution is 5.16. The molecule has 0 radical (unpaired) electrons. The largest absolute Gasteiger partial charge is 0.310 e. The van der Waals surface area contributed by atoms with Gasteiger partial charge in [-0.25, -0.2) is 4.39 Å². The first-order valence-electron chi connectivity index (χ1n) is 5.72. The van der Waals surface area contributed by atoms with Crippen molar-refractivity contribution in [1.82, 2.24) is 5.32 Å². The number of hydrogen-bond donors (Lipinski definition) is 1. The van der Waals surface area contributed by atoms with E-state index in [1.54, 1.807) is 6.07 Å². The van der Waals surface area contributed by atoms with Crippen LogP contribution in [-0.2, 0) is 6.54 Å². The van der Waals surface area contributed by atoms with Crippen LogP contribution in [0.15, 0.2) is 24.3 Å². The second kappa shape index (κ2) is 4.75. The normalized spacial score (nSPS) is 17.7. The Morgan fingerprint density at radius 3 is 2.80 bits per heavy atom. The molecule has 0 heterocycles. The molecule has 2 rings (SSSR count). The fourth-order valence-electron chi connectivity index (χ4n) is 1.86. The minimum absolute atomic E-state index is 0.108. The predicted octanol–water partition coefficient (Wildman–Crippen LogP) is 3.10. The Balaban J connectivity index is 1.78. The summed E-state index contributed by atoms with van der Waals surface area (Å²) < 4.78 is 13.3. The van der Waals surface area contributed by atoms with E-state index in [4.69, 9.17) is 0 Å². The van der Waals surface area contributed by atoms with Gasteiger partial charge in [-0.2, -0.15) is 0 Å². The van der Waals surface area contributed by atoms with Gasteiger partial charge < -0.3 is 5.32 Å². The molecular weight excluding hydrogens is 189 g/mol. The van der Waals surface area contributed by atoms with E-state index in [1.165, 1.54) is 25.3 Å². The molecule has 2 heteroatoms. The van der Waals surface area contributed by atoms with E-state index < -0.39 is 0 Å². The van der Waals surface area contributed by atoms with E-state index in [-0.39, 0.29) is 5.82 Å². The van der Waals surface area contributed by atoms with Crippen molar-refractivity contribution in [2.45, 2.75) is 38.8 Å². The van der Waals surface area contributed by atoms with Gasteiger partial charge in [0, 0.05) is 18.2 Å². The van der Waals surface area contributed by atoms with Crippen LogP contribution in [0.4, 0.5) is 4.39 Å². The van der Waals surface area contributed by atoms with Gasteiger partial charge in [0.25, 0.3) is 0 Å². The number of nitrogens with one attached hydrogen (secondary N) is 1. The average Bonchev–Trinajstić information content (AvgIpc) is 3.00. The molecule has 1 aromatic rings. The van der Waals surface area contributed by atoms with Crippen molar-refractivity contribution in [3.05, 3.63) is 35.6 Å². The van der Waals surface area contributed by atoms with Gasteiger partial charge in [-0.15, -0.1) is 0 Å². The first kappa shape index (κ1) is 10.6. The zero-order valence-corrected chi connectivity index (χ0v) is 9.17. The first-order valence-corrected chi connectivity index (χ1v) is 5.72. The molecule has 1 fully saturated rings. The molecule has 1 saturated carbocycles. The van der Waals surface area contributed by atoms with Crippen molar-refractivity contribution in [1.29, 1.82) is 0 Å². The van der Waals surface area contributed by atoms with Crippen molar-refractivity contribution in [3.63, 3.8) is 0 Å². The molecule has 1 aromatic carbocycles. The Bertz CT molecular complexity index is 320. The summed E-state index contributed by atoms with van der Waals surface area (Å²) in [5, 5.41) is 3.37. The maximum absolute atomic E-state index is 13.3. The van der Waals surface area contributed by atoms with Crippen LogP contribution in [0.25, 0.3) is 0 Å². The molecule has 15 heavy (non-hydrogen) atoms. The molecule has 0 bridgehead atoms. The van der Waals surface area contributed by atoms with E-state index in [2.05, 4.69) is 12.2 Å². The van der Waals surface area contributed by atoms with Crippen LogP contribution in [0.2, 0.25) is 0 Å². The molecule has 0 saturated heterocycles. The molecule has 0 spiro atoms. The SMILES string of the molecule is CC(CC1CC1)NCc1ccccc1F. The van der Waals surface area contributed by atoms with Crippen LogP contribution in [0.3, 0.4) is 0 Å².